The molecule has 1 aromatic heterocycles. The SMILES string of the molecule is Cc1cccc(OCCC(N)CCc2ccnn2C)c1. The fourth-order valence-electron chi connectivity index (χ4n) is 2.16. The van der Waals surface area contributed by atoms with Crippen LogP contribution in [0.1, 0.15) is 24.1 Å². The first-order chi connectivity index (χ1) is 9.65. The molecule has 1 unspecified atom stereocenters. The third-order valence-electron chi connectivity index (χ3n) is 3.44. The molecule has 0 saturated carbocycles. The number of benzene rings is 1. The van der Waals surface area contributed by atoms with Crippen molar-refractivity contribution in [1.29, 1.82) is 0 Å². The van der Waals surface area contributed by atoms with Crippen molar-refractivity contribution in [3.05, 3.63) is 47.8 Å². The van der Waals surface area contributed by atoms with Gasteiger partial charge in [0.15, 0.2) is 0 Å². The molecule has 0 fully saturated rings. The quantitative estimate of drug-likeness (QED) is 0.843. The van der Waals surface area contributed by atoms with E-state index in [0.29, 0.717) is 6.61 Å². The van der Waals surface area contributed by atoms with Crippen LogP contribution in [0.2, 0.25) is 0 Å². The van der Waals surface area contributed by atoms with Gasteiger partial charge < -0.3 is 10.5 Å². The Bertz CT molecular complexity index is 536. The van der Waals surface area contributed by atoms with Crippen LogP contribution in [-0.2, 0) is 13.5 Å². The van der Waals surface area contributed by atoms with Crippen molar-refractivity contribution >= 4 is 0 Å². The van der Waals surface area contributed by atoms with E-state index in [1.54, 1.807) is 0 Å². The van der Waals surface area contributed by atoms with E-state index in [2.05, 4.69) is 18.1 Å². The van der Waals surface area contributed by atoms with Crippen molar-refractivity contribution < 1.29 is 4.74 Å². The van der Waals surface area contributed by atoms with Crippen LogP contribution in [0.15, 0.2) is 36.5 Å². The molecule has 1 heterocycles. The number of nitrogens with zero attached hydrogens (tertiary/aromatic N) is 2. The largest absolute Gasteiger partial charge is 0.494 e. The lowest BCUT2D eigenvalue weighted by atomic mass is 10.1. The summed E-state index contributed by atoms with van der Waals surface area (Å²) in [5.41, 5.74) is 8.56. The van der Waals surface area contributed by atoms with Gasteiger partial charge in [-0.15, -0.1) is 0 Å². The minimum absolute atomic E-state index is 0.162. The summed E-state index contributed by atoms with van der Waals surface area (Å²) in [5.74, 6) is 0.920. The minimum atomic E-state index is 0.162. The highest BCUT2D eigenvalue weighted by molar-refractivity contribution is 5.27. The second-order valence-electron chi connectivity index (χ2n) is 5.20. The predicted molar refractivity (Wildman–Crippen MR) is 80.8 cm³/mol. The highest BCUT2D eigenvalue weighted by atomic mass is 16.5. The third kappa shape index (κ3) is 4.38. The van der Waals surface area contributed by atoms with Gasteiger partial charge in [0.2, 0.25) is 0 Å². The van der Waals surface area contributed by atoms with Crippen LogP contribution in [0, 0.1) is 6.92 Å². The predicted octanol–water partition coefficient (Wildman–Crippen LogP) is 2.46. The second kappa shape index (κ2) is 7.10. The number of rotatable bonds is 7. The molecule has 2 aromatic rings. The topological polar surface area (TPSA) is 53.1 Å². The lowest BCUT2D eigenvalue weighted by Gasteiger charge is -2.12. The summed E-state index contributed by atoms with van der Waals surface area (Å²) in [6, 6.07) is 10.3. The van der Waals surface area contributed by atoms with Gasteiger partial charge in [-0.2, -0.15) is 5.10 Å². The molecule has 108 valence electrons. The van der Waals surface area contributed by atoms with E-state index in [4.69, 9.17) is 10.5 Å². The Morgan fingerprint density at radius 1 is 1.30 bits per heavy atom. The number of aryl methyl sites for hydroxylation is 3. The summed E-state index contributed by atoms with van der Waals surface area (Å²) in [7, 11) is 1.96. The fourth-order valence-corrected chi connectivity index (χ4v) is 2.16. The smallest absolute Gasteiger partial charge is 0.119 e. The average molecular weight is 273 g/mol. The lowest BCUT2D eigenvalue weighted by Crippen LogP contribution is -2.23. The maximum Gasteiger partial charge on any atom is 0.119 e. The van der Waals surface area contributed by atoms with E-state index < -0.39 is 0 Å². The molecular formula is C16H23N3O. The Balaban J connectivity index is 1.68. The maximum absolute atomic E-state index is 6.12. The van der Waals surface area contributed by atoms with E-state index in [1.807, 2.05) is 42.2 Å². The number of nitrogens with two attached hydrogens (primary N) is 1. The highest BCUT2D eigenvalue weighted by Crippen LogP contribution is 2.13. The molecule has 0 bridgehead atoms. The molecule has 0 saturated heterocycles. The average Bonchev–Trinajstić information content (AvgIpc) is 2.82. The molecule has 0 aliphatic carbocycles. The molecule has 2 rings (SSSR count). The van der Waals surface area contributed by atoms with Gasteiger partial charge in [-0.1, -0.05) is 12.1 Å². The molecule has 0 spiro atoms. The van der Waals surface area contributed by atoms with Crippen molar-refractivity contribution in [1.82, 2.24) is 9.78 Å². The molecule has 20 heavy (non-hydrogen) atoms. The van der Waals surface area contributed by atoms with Crippen LogP contribution in [0.4, 0.5) is 0 Å². The van der Waals surface area contributed by atoms with Gasteiger partial charge in [0.05, 0.1) is 6.61 Å². The Hall–Kier alpha value is -1.81. The Morgan fingerprint density at radius 2 is 2.15 bits per heavy atom. The van der Waals surface area contributed by atoms with E-state index in [9.17, 15) is 0 Å². The first-order valence-corrected chi connectivity index (χ1v) is 7.07. The van der Waals surface area contributed by atoms with Crippen LogP contribution in [0.3, 0.4) is 0 Å². The molecule has 0 amide bonds. The zero-order chi connectivity index (χ0) is 14.4. The molecular weight excluding hydrogens is 250 g/mol. The zero-order valence-corrected chi connectivity index (χ0v) is 12.2. The van der Waals surface area contributed by atoms with Gasteiger partial charge in [-0.05, 0) is 49.9 Å². The fraction of sp³-hybridized carbons (Fsp3) is 0.438. The maximum atomic E-state index is 6.12. The van der Waals surface area contributed by atoms with Gasteiger partial charge in [0.25, 0.3) is 0 Å². The number of ether oxygens (including phenoxy) is 1. The van der Waals surface area contributed by atoms with Gasteiger partial charge in [0.1, 0.15) is 5.75 Å². The monoisotopic (exact) mass is 273 g/mol. The van der Waals surface area contributed by atoms with Gasteiger partial charge in [-0.3, -0.25) is 4.68 Å². The molecule has 4 nitrogen and oxygen atoms in total. The number of aromatic nitrogens is 2. The first-order valence-electron chi connectivity index (χ1n) is 7.07. The Kier molecular flexibility index (Phi) is 5.18. The van der Waals surface area contributed by atoms with E-state index in [1.165, 1.54) is 11.3 Å². The number of hydrogen-bond acceptors (Lipinski definition) is 3. The second-order valence-corrected chi connectivity index (χ2v) is 5.20. The Labute approximate surface area is 120 Å². The molecule has 4 heteroatoms. The van der Waals surface area contributed by atoms with Crippen LogP contribution >= 0.6 is 0 Å². The van der Waals surface area contributed by atoms with Gasteiger partial charge in [-0.25, -0.2) is 0 Å². The molecule has 0 aliphatic heterocycles. The van der Waals surface area contributed by atoms with E-state index in [0.717, 1.165) is 25.0 Å². The molecule has 0 radical (unpaired) electrons. The van der Waals surface area contributed by atoms with Crippen LogP contribution in [-0.4, -0.2) is 22.4 Å². The highest BCUT2D eigenvalue weighted by Gasteiger charge is 2.06. The van der Waals surface area contributed by atoms with Crippen LogP contribution < -0.4 is 10.5 Å². The van der Waals surface area contributed by atoms with E-state index in [-0.39, 0.29) is 6.04 Å². The standard InChI is InChI=1S/C16H23N3O/c1-13-4-3-5-16(12-13)20-11-9-14(17)6-7-15-8-10-18-19(15)2/h3-5,8,10,12,14H,6-7,9,11,17H2,1-2H3. The summed E-state index contributed by atoms with van der Waals surface area (Å²) in [6.07, 6.45) is 4.60. The van der Waals surface area contributed by atoms with Crippen molar-refractivity contribution in [3.8, 4) is 5.75 Å². The zero-order valence-electron chi connectivity index (χ0n) is 12.2. The van der Waals surface area contributed by atoms with Crippen LogP contribution in [0.25, 0.3) is 0 Å². The summed E-state index contributed by atoms with van der Waals surface area (Å²) < 4.78 is 7.62. The number of hydrogen-bond donors (Lipinski definition) is 1. The van der Waals surface area contributed by atoms with Crippen LogP contribution in [0.5, 0.6) is 5.75 Å². The molecule has 1 atom stereocenters. The van der Waals surface area contributed by atoms with Crippen molar-refractivity contribution in [3.63, 3.8) is 0 Å². The van der Waals surface area contributed by atoms with Crippen molar-refractivity contribution in [2.45, 2.75) is 32.2 Å². The summed E-state index contributed by atoms with van der Waals surface area (Å²) in [4.78, 5) is 0. The minimum Gasteiger partial charge on any atom is -0.494 e. The van der Waals surface area contributed by atoms with E-state index >= 15 is 0 Å². The van der Waals surface area contributed by atoms with Gasteiger partial charge >= 0.3 is 0 Å². The summed E-state index contributed by atoms with van der Waals surface area (Å²) in [6.45, 7) is 2.72. The summed E-state index contributed by atoms with van der Waals surface area (Å²) in [5, 5.41) is 4.16. The normalized spacial score (nSPS) is 12.3. The molecule has 2 N–H and O–H groups in total. The summed E-state index contributed by atoms with van der Waals surface area (Å²) >= 11 is 0. The molecule has 1 aromatic carbocycles. The molecule has 0 aliphatic rings. The lowest BCUT2D eigenvalue weighted by molar-refractivity contribution is 0.294. The first kappa shape index (κ1) is 14.6. The Morgan fingerprint density at radius 3 is 2.85 bits per heavy atom. The van der Waals surface area contributed by atoms with Crippen molar-refractivity contribution in [2.24, 2.45) is 12.8 Å². The van der Waals surface area contributed by atoms with Gasteiger partial charge in [0, 0.05) is 25.0 Å². The third-order valence-corrected chi connectivity index (χ3v) is 3.44. The van der Waals surface area contributed by atoms with Crippen molar-refractivity contribution in [2.75, 3.05) is 6.61 Å².